The third-order valence-corrected chi connectivity index (χ3v) is 3.95. The van der Waals surface area contributed by atoms with Crippen LogP contribution in [0.1, 0.15) is 33.8 Å². The number of phenolic OH excluding ortho intramolecular Hbond substituents is 2. The van der Waals surface area contributed by atoms with E-state index >= 15 is 0 Å². The highest BCUT2D eigenvalue weighted by Crippen LogP contribution is 2.39. The van der Waals surface area contributed by atoms with Crippen LogP contribution < -0.4 is 4.74 Å². The van der Waals surface area contributed by atoms with E-state index in [2.05, 4.69) is 0 Å². The Bertz CT molecular complexity index is 689. The minimum atomic E-state index is -0.0607. The molecule has 0 saturated heterocycles. The molecule has 0 saturated carbocycles. The lowest BCUT2D eigenvalue weighted by atomic mass is 9.79. The van der Waals surface area contributed by atoms with Gasteiger partial charge in [-0.3, -0.25) is 4.79 Å². The van der Waals surface area contributed by atoms with E-state index in [1.54, 1.807) is 18.2 Å². The van der Waals surface area contributed by atoms with E-state index in [0.717, 1.165) is 11.1 Å². The quantitative estimate of drug-likeness (QED) is 0.889. The Hall–Kier alpha value is -2.49. The van der Waals surface area contributed by atoms with Gasteiger partial charge < -0.3 is 14.9 Å². The smallest absolute Gasteiger partial charge is 0.167 e. The molecule has 0 aromatic heterocycles. The predicted molar refractivity (Wildman–Crippen MR) is 78.2 cm³/mol. The molecular weight excluding hydrogens is 268 g/mol. The van der Waals surface area contributed by atoms with E-state index in [9.17, 15) is 15.0 Å². The summed E-state index contributed by atoms with van der Waals surface area (Å²) in [6, 6.07) is 10.2. The Kier molecular flexibility index (Phi) is 3.29. The maximum absolute atomic E-state index is 12.3. The van der Waals surface area contributed by atoms with Gasteiger partial charge in [-0.2, -0.15) is 0 Å². The largest absolute Gasteiger partial charge is 0.508 e. The molecule has 0 heterocycles. The number of carbonyl (C=O) groups excluding carboxylic acids is 1. The van der Waals surface area contributed by atoms with Gasteiger partial charge in [-0.05, 0) is 41.7 Å². The van der Waals surface area contributed by atoms with Gasteiger partial charge in [0.15, 0.2) is 5.78 Å². The zero-order valence-corrected chi connectivity index (χ0v) is 11.7. The van der Waals surface area contributed by atoms with Gasteiger partial charge in [0.25, 0.3) is 0 Å². The number of rotatable bonds is 2. The highest BCUT2D eigenvalue weighted by atomic mass is 16.5. The molecule has 108 valence electrons. The molecule has 2 aromatic rings. The van der Waals surface area contributed by atoms with Crippen LogP contribution in [0.2, 0.25) is 0 Å². The van der Waals surface area contributed by atoms with Crippen molar-refractivity contribution in [3.8, 4) is 17.2 Å². The minimum Gasteiger partial charge on any atom is -0.508 e. The van der Waals surface area contributed by atoms with Crippen LogP contribution in [-0.2, 0) is 6.42 Å². The van der Waals surface area contributed by atoms with Crippen molar-refractivity contribution in [2.75, 3.05) is 7.11 Å². The Morgan fingerprint density at radius 3 is 2.48 bits per heavy atom. The van der Waals surface area contributed by atoms with Crippen molar-refractivity contribution in [2.24, 2.45) is 0 Å². The topological polar surface area (TPSA) is 66.8 Å². The molecule has 0 fully saturated rings. The molecule has 21 heavy (non-hydrogen) atoms. The Morgan fingerprint density at radius 2 is 1.81 bits per heavy atom. The number of aromatic hydroxyl groups is 2. The molecule has 0 unspecified atom stereocenters. The van der Waals surface area contributed by atoms with Crippen molar-refractivity contribution < 1.29 is 19.7 Å². The Balaban J connectivity index is 1.99. The predicted octanol–water partition coefficient (Wildman–Crippen LogP) is 3.02. The molecule has 4 nitrogen and oxygen atoms in total. The van der Waals surface area contributed by atoms with Crippen molar-refractivity contribution >= 4 is 5.78 Å². The minimum absolute atomic E-state index is 0.0153. The number of Topliss-reactive ketones (excluding diaryl/α,β-unsaturated/α-hetero) is 1. The second-order valence-corrected chi connectivity index (χ2v) is 5.30. The summed E-state index contributed by atoms with van der Waals surface area (Å²) in [5.74, 6) is 0.732. The SMILES string of the molecule is COc1cc(O)c2c(c1)C[C@H](c1ccc(O)cc1)CC2=O. The van der Waals surface area contributed by atoms with Gasteiger partial charge in [-0.15, -0.1) is 0 Å². The van der Waals surface area contributed by atoms with Crippen molar-refractivity contribution in [2.45, 2.75) is 18.8 Å². The molecule has 1 aliphatic carbocycles. The van der Waals surface area contributed by atoms with Gasteiger partial charge in [-0.25, -0.2) is 0 Å². The van der Waals surface area contributed by atoms with Gasteiger partial charge >= 0.3 is 0 Å². The molecular formula is C17H16O4. The van der Waals surface area contributed by atoms with Crippen LogP contribution in [0.3, 0.4) is 0 Å². The van der Waals surface area contributed by atoms with E-state index in [1.807, 2.05) is 12.1 Å². The van der Waals surface area contributed by atoms with E-state index < -0.39 is 0 Å². The van der Waals surface area contributed by atoms with Crippen molar-refractivity contribution in [3.05, 3.63) is 53.1 Å². The number of hydrogen-bond acceptors (Lipinski definition) is 4. The second-order valence-electron chi connectivity index (χ2n) is 5.30. The van der Waals surface area contributed by atoms with E-state index in [-0.39, 0.29) is 23.2 Å². The molecule has 3 rings (SSSR count). The highest BCUT2D eigenvalue weighted by Gasteiger charge is 2.29. The lowest BCUT2D eigenvalue weighted by Gasteiger charge is -2.25. The first kappa shape index (κ1) is 13.5. The number of hydrogen-bond donors (Lipinski definition) is 2. The summed E-state index contributed by atoms with van der Waals surface area (Å²) in [5.41, 5.74) is 2.22. The molecule has 0 aliphatic heterocycles. The number of ketones is 1. The van der Waals surface area contributed by atoms with Gasteiger partial charge in [0, 0.05) is 12.5 Å². The first-order valence-electron chi connectivity index (χ1n) is 6.80. The van der Waals surface area contributed by atoms with Crippen molar-refractivity contribution in [1.82, 2.24) is 0 Å². The fraction of sp³-hybridized carbons (Fsp3) is 0.235. The first-order valence-corrected chi connectivity index (χ1v) is 6.80. The van der Waals surface area contributed by atoms with Crippen LogP contribution in [0.4, 0.5) is 0 Å². The van der Waals surface area contributed by atoms with Gasteiger partial charge in [0.05, 0.1) is 12.7 Å². The van der Waals surface area contributed by atoms with Crippen LogP contribution in [0.5, 0.6) is 17.2 Å². The molecule has 0 bridgehead atoms. The van der Waals surface area contributed by atoms with Crippen molar-refractivity contribution in [3.63, 3.8) is 0 Å². The third-order valence-electron chi connectivity index (χ3n) is 3.95. The van der Waals surface area contributed by atoms with Gasteiger partial charge in [-0.1, -0.05) is 12.1 Å². The normalized spacial score (nSPS) is 17.4. The monoisotopic (exact) mass is 284 g/mol. The maximum atomic E-state index is 12.3. The average Bonchev–Trinajstić information content (AvgIpc) is 2.46. The second kappa shape index (κ2) is 5.13. The average molecular weight is 284 g/mol. The number of methoxy groups -OCH3 is 1. The molecule has 2 aromatic carbocycles. The molecule has 1 aliphatic rings. The van der Waals surface area contributed by atoms with E-state index in [0.29, 0.717) is 24.2 Å². The van der Waals surface area contributed by atoms with Crippen LogP contribution in [0.15, 0.2) is 36.4 Å². The number of carbonyl (C=O) groups is 1. The number of fused-ring (bicyclic) bond motifs is 1. The lowest BCUT2D eigenvalue weighted by Crippen LogP contribution is -2.19. The Morgan fingerprint density at radius 1 is 1.10 bits per heavy atom. The van der Waals surface area contributed by atoms with Crippen LogP contribution in [0, 0.1) is 0 Å². The van der Waals surface area contributed by atoms with E-state index in [4.69, 9.17) is 4.74 Å². The van der Waals surface area contributed by atoms with E-state index in [1.165, 1.54) is 13.2 Å². The maximum Gasteiger partial charge on any atom is 0.167 e. The fourth-order valence-electron chi connectivity index (χ4n) is 2.90. The highest BCUT2D eigenvalue weighted by molar-refractivity contribution is 6.01. The van der Waals surface area contributed by atoms with Gasteiger partial charge in [0.2, 0.25) is 0 Å². The lowest BCUT2D eigenvalue weighted by molar-refractivity contribution is 0.0961. The third kappa shape index (κ3) is 2.44. The molecule has 0 spiro atoms. The molecule has 1 atom stereocenters. The Labute approximate surface area is 122 Å². The fourth-order valence-corrected chi connectivity index (χ4v) is 2.90. The van der Waals surface area contributed by atoms with Crippen LogP contribution >= 0.6 is 0 Å². The molecule has 0 radical (unpaired) electrons. The zero-order chi connectivity index (χ0) is 15.0. The summed E-state index contributed by atoms with van der Waals surface area (Å²) >= 11 is 0. The van der Waals surface area contributed by atoms with Crippen molar-refractivity contribution in [1.29, 1.82) is 0 Å². The summed E-state index contributed by atoms with van der Waals surface area (Å²) < 4.78 is 5.15. The van der Waals surface area contributed by atoms with Gasteiger partial charge in [0.1, 0.15) is 17.2 Å². The summed E-state index contributed by atoms with van der Waals surface area (Å²) in [6.45, 7) is 0. The molecule has 2 N–H and O–H groups in total. The summed E-state index contributed by atoms with van der Waals surface area (Å²) in [6.07, 6.45) is 1.02. The number of phenols is 2. The standard InChI is InChI=1S/C17H16O4/c1-21-14-7-12-6-11(10-2-4-13(18)5-3-10)8-15(19)17(12)16(20)9-14/h2-5,7,9,11,18,20H,6,8H2,1H3/t11-/m0/s1. The van der Waals surface area contributed by atoms with Crippen LogP contribution in [-0.4, -0.2) is 23.1 Å². The summed E-state index contributed by atoms with van der Waals surface area (Å²) in [4.78, 5) is 12.3. The molecule has 0 amide bonds. The van der Waals surface area contributed by atoms with Crippen LogP contribution in [0.25, 0.3) is 0 Å². The summed E-state index contributed by atoms with van der Waals surface area (Å²) in [5, 5.41) is 19.4. The number of benzene rings is 2. The number of ether oxygens (including phenoxy) is 1. The molecule has 4 heteroatoms. The first-order chi connectivity index (χ1) is 10.1. The summed E-state index contributed by atoms with van der Waals surface area (Å²) in [7, 11) is 1.53. The zero-order valence-electron chi connectivity index (χ0n) is 11.7.